The molecule has 2 aromatic rings. The number of esters is 1. The number of carbonyl (C=O) groups excluding carboxylic acids is 2. The van der Waals surface area contributed by atoms with Crippen molar-refractivity contribution in [2.45, 2.75) is 38.7 Å². The van der Waals surface area contributed by atoms with E-state index in [9.17, 15) is 9.59 Å². The number of amides is 1. The SMILES string of the molecule is C[C@H](OC(=O)c1csc2c1CCCC2)C(=O)Nc1ncc(Cl)cc1Cl. The van der Waals surface area contributed by atoms with Gasteiger partial charge in [-0.15, -0.1) is 11.3 Å². The van der Waals surface area contributed by atoms with E-state index < -0.39 is 18.0 Å². The number of carbonyl (C=O) groups is 2. The highest BCUT2D eigenvalue weighted by molar-refractivity contribution is 7.10. The lowest BCUT2D eigenvalue weighted by atomic mass is 9.96. The lowest BCUT2D eigenvalue weighted by Gasteiger charge is -2.15. The number of rotatable bonds is 4. The molecule has 0 unspecified atom stereocenters. The van der Waals surface area contributed by atoms with Crippen molar-refractivity contribution >= 4 is 52.2 Å². The second-order valence-electron chi connectivity index (χ2n) is 5.78. The van der Waals surface area contributed by atoms with Gasteiger partial charge >= 0.3 is 5.97 Å². The number of anilines is 1. The zero-order valence-corrected chi connectivity index (χ0v) is 15.8. The summed E-state index contributed by atoms with van der Waals surface area (Å²) in [6.07, 6.45) is 4.51. The van der Waals surface area contributed by atoms with Gasteiger partial charge in [0.2, 0.25) is 0 Å². The van der Waals surface area contributed by atoms with Crippen molar-refractivity contribution in [2.24, 2.45) is 0 Å². The van der Waals surface area contributed by atoms with Gasteiger partial charge in [0.1, 0.15) is 0 Å². The number of halogens is 2. The standard InChI is InChI=1S/C17H16Cl2N2O3S/c1-9(16(22)21-15-13(19)6-10(18)7-20-15)24-17(23)12-8-25-14-5-3-2-4-11(12)14/h6-9H,2-5H2,1H3,(H,20,21,22)/t9-/m0/s1. The van der Waals surface area contributed by atoms with Crippen LogP contribution in [-0.4, -0.2) is 23.0 Å². The van der Waals surface area contributed by atoms with Crippen molar-refractivity contribution < 1.29 is 14.3 Å². The normalized spacial score (nSPS) is 14.5. The van der Waals surface area contributed by atoms with Crippen LogP contribution in [0.1, 0.15) is 40.6 Å². The number of hydrogen-bond acceptors (Lipinski definition) is 5. The number of nitrogens with zero attached hydrogens (tertiary/aromatic N) is 1. The minimum absolute atomic E-state index is 0.173. The summed E-state index contributed by atoms with van der Waals surface area (Å²) in [6.45, 7) is 1.51. The minimum atomic E-state index is -0.972. The van der Waals surface area contributed by atoms with E-state index >= 15 is 0 Å². The molecule has 0 aliphatic heterocycles. The van der Waals surface area contributed by atoms with Gasteiger partial charge in [-0.1, -0.05) is 23.2 Å². The number of fused-ring (bicyclic) bond motifs is 1. The molecule has 0 bridgehead atoms. The molecule has 132 valence electrons. The summed E-state index contributed by atoms with van der Waals surface area (Å²) in [6, 6.07) is 1.47. The predicted octanol–water partition coefficient (Wildman–Crippen LogP) is 4.51. The monoisotopic (exact) mass is 398 g/mol. The molecule has 0 radical (unpaired) electrons. The van der Waals surface area contributed by atoms with E-state index in [2.05, 4.69) is 10.3 Å². The lowest BCUT2D eigenvalue weighted by Crippen LogP contribution is -2.30. The van der Waals surface area contributed by atoms with E-state index in [0.29, 0.717) is 10.6 Å². The molecule has 3 rings (SSSR count). The maximum absolute atomic E-state index is 12.4. The van der Waals surface area contributed by atoms with E-state index in [-0.39, 0.29) is 10.8 Å². The Morgan fingerprint density at radius 3 is 2.84 bits per heavy atom. The Labute approximate surface area is 159 Å². The van der Waals surface area contributed by atoms with E-state index in [1.54, 1.807) is 11.3 Å². The molecule has 5 nitrogen and oxygen atoms in total. The molecule has 1 aliphatic carbocycles. The number of ether oxygens (including phenoxy) is 1. The number of thiophene rings is 1. The van der Waals surface area contributed by atoms with Gasteiger partial charge in [0, 0.05) is 16.5 Å². The van der Waals surface area contributed by atoms with Crippen LogP contribution in [-0.2, 0) is 22.4 Å². The summed E-state index contributed by atoms with van der Waals surface area (Å²) < 4.78 is 5.32. The average Bonchev–Trinajstić information content (AvgIpc) is 3.01. The van der Waals surface area contributed by atoms with Crippen LogP contribution in [0.15, 0.2) is 17.6 Å². The molecule has 2 heterocycles. The Morgan fingerprint density at radius 1 is 1.32 bits per heavy atom. The van der Waals surface area contributed by atoms with Crippen LogP contribution in [0.25, 0.3) is 0 Å². The zero-order chi connectivity index (χ0) is 18.0. The topological polar surface area (TPSA) is 68.3 Å². The number of nitrogens with one attached hydrogen (secondary N) is 1. The fourth-order valence-electron chi connectivity index (χ4n) is 2.67. The van der Waals surface area contributed by atoms with Crippen molar-refractivity contribution in [1.29, 1.82) is 0 Å². The zero-order valence-electron chi connectivity index (χ0n) is 13.5. The highest BCUT2D eigenvalue weighted by Crippen LogP contribution is 2.31. The third-order valence-corrected chi connectivity index (χ3v) is 5.57. The first-order valence-electron chi connectivity index (χ1n) is 7.88. The number of aromatic nitrogens is 1. The molecule has 25 heavy (non-hydrogen) atoms. The second kappa shape index (κ2) is 7.72. The first kappa shape index (κ1) is 18.2. The first-order valence-corrected chi connectivity index (χ1v) is 9.51. The summed E-state index contributed by atoms with van der Waals surface area (Å²) in [5, 5.41) is 4.93. The fraction of sp³-hybridized carbons (Fsp3) is 0.353. The van der Waals surface area contributed by atoms with Gasteiger partial charge in [0.15, 0.2) is 11.9 Å². The van der Waals surface area contributed by atoms with Crippen molar-refractivity contribution in [3.8, 4) is 0 Å². The summed E-state index contributed by atoms with van der Waals surface area (Å²) in [7, 11) is 0. The summed E-state index contributed by atoms with van der Waals surface area (Å²) in [5.41, 5.74) is 1.64. The van der Waals surface area contributed by atoms with Crippen LogP contribution in [0, 0.1) is 0 Å². The highest BCUT2D eigenvalue weighted by atomic mass is 35.5. The molecule has 2 aromatic heterocycles. The third-order valence-electron chi connectivity index (χ3n) is 3.98. The van der Waals surface area contributed by atoms with Crippen LogP contribution in [0.2, 0.25) is 10.0 Å². The Kier molecular flexibility index (Phi) is 5.61. The molecule has 1 N–H and O–H groups in total. The molecule has 1 aliphatic rings. The highest BCUT2D eigenvalue weighted by Gasteiger charge is 2.25. The molecule has 0 saturated carbocycles. The van der Waals surface area contributed by atoms with Gasteiger partial charge < -0.3 is 10.1 Å². The van der Waals surface area contributed by atoms with Crippen LogP contribution < -0.4 is 5.32 Å². The molecule has 0 fully saturated rings. The molecule has 1 atom stereocenters. The van der Waals surface area contributed by atoms with Gasteiger partial charge in [0.25, 0.3) is 5.91 Å². The van der Waals surface area contributed by atoms with Gasteiger partial charge in [-0.25, -0.2) is 9.78 Å². The van der Waals surface area contributed by atoms with Gasteiger partial charge in [-0.3, -0.25) is 4.79 Å². The molecule has 0 aromatic carbocycles. The van der Waals surface area contributed by atoms with E-state index in [0.717, 1.165) is 31.2 Å². The third kappa shape index (κ3) is 4.14. The quantitative estimate of drug-likeness (QED) is 0.768. The molecule has 0 spiro atoms. The first-order chi connectivity index (χ1) is 12.0. The van der Waals surface area contributed by atoms with Crippen molar-refractivity contribution in [3.63, 3.8) is 0 Å². The van der Waals surface area contributed by atoms with Crippen molar-refractivity contribution in [2.75, 3.05) is 5.32 Å². The van der Waals surface area contributed by atoms with E-state index in [1.165, 1.54) is 24.1 Å². The fourth-order valence-corrected chi connectivity index (χ4v) is 4.21. The predicted molar refractivity (Wildman–Crippen MR) is 98.7 cm³/mol. The summed E-state index contributed by atoms with van der Waals surface area (Å²) in [4.78, 5) is 29.8. The Hall–Kier alpha value is -1.63. The van der Waals surface area contributed by atoms with Crippen LogP contribution >= 0.6 is 34.5 Å². The average molecular weight is 399 g/mol. The van der Waals surface area contributed by atoms with Crippen molar-refractivity contribution in [1.82, 2.24) is 4.98 Å². The van der Waals surface area contributed by atoms with Gasteiger partial charge in [0.05, 0.1) is 15.6 Å². The Morgan fingerprint density at radius 2 is 2.08 bits per heavy atom. The molecule has 8 heteroatoms. The largest absolute Gasteiger partial charge is 0.449 e. The molecular formula is C17H16Cl2N2O3S. The van der Waals surface area contributed by atoms with E-state index in [1.807, 2.05) is 5.38 Å². The maximum atomic E-state index is 12.4. The summed E-state index contributed by atoms with van der Waals surface area (Å²) >= 11 is 13.3. The number of aryl methyl sites for hydroxylation is 1. The van der Waals surface area contributed by atoms with Gasteiger partial charge in [-0.2, -0.15) is 0 Å². The molecule has 1 amide bonds. The lowest BCUT2D eigenvalue weighted by molar-refractivity contribution is -0.123. The summed E-state index contributed by atoms with van der Waals surface area (Å²) in [5.74, 6) is -0.807. The van der Waals surface area contributed by atoms with Crippen LogP contribution in [0.5, 0.6) is 0 Å². The smallest absolute Gasteiger partial charge is 0.340 e. The van der Waals surface area contributed by atoms with E-state index in [4.69, 9.17) is 27.9 Å². The van der Waals surface area contributed by atoms with Gasteiger partial charge in [-0.05, 0) is 44.2 Å². The second-order valence-corrected chi connectivity index (χ2v) is 7.59. The Balaban J connectivity index is 1.65. The molecule has 0 saturated heterocycles. The number of pyridine rings is 1. The Bertz CT molecular complexity index is 822. The molecular weight excluding hydrogens is 383 g/mol. The van der Waals surface area contributed by atoms with Crippen LogP contribution in [0.3, 0.4) is 0 Å². The number of hydrogen-bond donors (Lipinski definition) is 1. The van der Waals surface area contributed by atoms with Crippen molar-refractivity contribution in [3.05, 3.63) is 43.7 Å². The maximum Gasteiger partial charge on any atom is 0.340 e. The van der Waals surface area contributed by atoms with Crippen LogP contribution in [0.4, 0.5) is 5.82 Å². The minimum Gasteiger partial charge on any atom is -0.449 e.